The fraction of sp³-hybridized carbons (Fsp3) is 0.222. The smallest absolute Gasteiger partial charge is 0.143 e. The third-order valence-electron chi connectivity index (χ3n) is 3.05. The van der Waals surface area contributed by atoms with Crippen LogP contribution in [0.3, 0.4) is 0 Å². The Bertz CT molecular complexity index is 915. The second kappa shape index (κ2) is 6.90. The molecule has 0 bridgehead atoms. The molecular weight excluding hydrogens is 320 g/mol. The Morgan fingerprint density at radius 1 is 1.12 bits per heavy atom. The fourth-order valence-corrected chi connectivity index (χ4v) is 1.94. The van der Waals surface area contributed by atoms with Crippen LogP contribution in [0.4, 0.5) is 0 Å². The maximum Gasteiger partial charge on any atom is 0.143 e. The van der Waals surface area contributed by atoms with Gasteiger partial charge in [-0.2, -0.15) is 10.5 Å². The van der Waals surface area contributed by atoms with E-state index in [0.29, 0.717) is 0 Å². The molecule has 0 saturated carbocycles. The lowest BCUT2D eigenvalue weighted by Gasteiger charge is -2.18. The van der Waals surface area contributed by atoms with E-state index >= 15 is 0 Å². The molecule has 1 aromatic carbocycles. The Kier molecular flexibility index (Phi) is 4.90. The standard InChI is InChI=1S/C18H16N4O3/c1-18(2,3)25-22-16(17-14(23)5-4-6-21-17)13-7-11(9-19)12(10-20)8-15(13)24/h4-8,23-24H,1-3H3. The SMILES string of the molecule is CC(C)(C)ON=C(c1cc(C#N)c(C#N)cc1O)c1ncccc1O. The van der Waals surface area contributed by atoms with E-state index in [9.17, 15) is 15.5 Å². The van der Waals surface area contributed by atoms with E-state index in [0.717, 1.165) is 0 Å². The average molecular weight is 336 g/mol. The van der Waals surface area contributed by atoms with Crippen LogP contribution in [0, 0.1) is 22.7 Å². The van der Waals surface area contributed by atoms with Gasteiger partial charge < -0.3 is 15.1 Å². The van der Waals surface area contributed by atoms with Gasteiger partial charge >= 0.3 is 0 Å². The largest absolute Gasteiger partial charge is 0.507 e. The first-order valence-electron chi connectivity index (χ1n) is 7.35. The van der Waals surface area contributed by atoms with Gasteiger partial charge in [0.1, 0.15) is 40.6 Å². The number of benzene rings is 1. The van der Waals surface area contributed by atoms with Crippen LogP contribution < -0.4 is 0 Å². The lowest BCUT2D eigenvalue weighted by atomic mass is 9.99. The predicted octanol–water partition coefficient (Wildman–Crippen LogP) is 2.80. The maximum atomic E-state index is 10.3. The summed E-state index contributed by atoms with van der Waals surface area (Å²) >= 11 is 0. The van der Waals surface area contributed by atoms with Crippen molar-refractivity contribution in [1.29, 1.82) is 10.5 Å². The summed E-state index contributed by atoms with van der Waals surface area (Å²) < 4.78 is 0. The summed E-state index contributed by atoms with van der Waals surface area (Å²) in [5.41, 5.74) is -0.286. The molecule has 1 aromatic heterocycles. The van der Waals surface area contributed by atoms with Gasteiger partial charge in [-0.15, -0.1) is 0 Å². The highest BCUT2D eigenvalue weighted by molar-refractivity contribution is 6.14. The van der Waals surface area contributed by atoms with Crippen molar-refractivity contribution in [1.82, 2.24) is 4.98 Å². The number of nitrogens with zero attached hydrogens (tertiary/aromatic N) is 4. The number of pyridine rings is 1. The Balaban J connectivity index is 2.72. The fourth-order valence-electron chi connectivity index (χ4n) is 1.94. The van der Waals surface area contributed by atoms with Crippen molar-refractivity contribution in [2.45, 2.75) is 26.4 Å². The molecule has 7 heteroatoms. The van der Waals surface area contributed by atoms with Gasteiger partial charge in [0.15, 0.2) is 0 Å². The van der Waals surface area contributed by atoms with Crippen molar-refractivity contribution in [3.63, 3.8) is 0 Å². The number of hydrogen-bond acceptors (Lipinski definition) is 7. The zero-order valence-electron chi connectivity index (χ0n) is 14.0. The first kappa shape index (κ1) is 17.8. The summed E-state index contributed by atoms with van der Waals surface area (Å²) in [5.74, 6) is -0.446. The van der Waals surface area contributed by atoms with E-state index in [1.807, 2.05) is 12.1 Å². The molecule has 0 spiro atoms. The molecule has 0 unspecified atom stereocenters. The number of rotatable bonds is 3. The van der Waals surface area contributed by atoms with Gasteiger partial charge in [-0.3, -0.25) is 4.98 Å². The molecule has 0 aliphatic rings. The second-order valence-electron chi connectivity index (χ2n) is 6.15. The summed E-state index contributed by atoms with van der Waals surface area (Å²) in [7, 11) is 0. The molecule has 7 nitrogen and oxygen atoms in total. The number of nitriles is 2. The highest BCUT2D eigenvalue weighted by Gasteiger charge is 2.21. The van der Waals surface area contributed by atoms with Crippen molar-refractivity contribution < 1.29 is 15.1 Å². The van der Waals surface area contributed by atoms with Gasteiger partial charge in [0, 0.05) is 11.8 Å². The van der Waals surface area contributed by atoms with Crippen LogP contribution >= 0.6 is 0 Å². The van der Waals surface area contributed by atoms with Crippen molar-refractivity contribution in [2.75, 3.05) is 0 Å². The summed E-state index contributed by atoms with van der Waals surface area (Å²) in [6.07, 6.45) is 1.45. The van der Waals surface area contributed by atoms with Crippen LogP contribution in [0.2, 0.25) is 0 Å². The molecule has 0 radical (unpaired) electrons. The zero-order valence-corrected chi connectivity index (χ0v) is 14.0. The molecular formula is C18H16N4O3. The quantitative estimate of drug-likeness (QED) is 0.656. The van der Waals surface area contributed by atoms with E-state index in [-0.39, 0.29) is 39.6 Å². The minimum absolute atomic E-state index is 0.0325. The van der Waals surface area contributed by atoms with E-state index in [1.165, 1.54) is 24.4 Å². The van der Waals surface area contributed by atoms with Crippen LogP contribution in [0.5, 0.6) is 11.5 Å². The molecule has 1 heterocycles. The molecule has 0 aliphatic heterocycles. The number of oxime groups is 1. The van der Waals surface area contributed by atoms with Crippen LogP contribution in [0.15, 0.2) is 35.6 Å². The molecule has 0 fully saturated rings. The monoisotopic (exact) mass is 336 g/mol. The van der Waals surface area contributed by atoms with Gasteiger partial charge in [-0.25, -0.2) is 0 Å². The van der Waals surface area contributed by atoms with E-state index < -0.39 is 5.60 Å². The maximum absolute atomic E-state index is 10.3. The Labute approximate surface area is 145 Å². The number of aromatic hydroxyl groups is 2. The molecule has 25 heavy (non-hydrogen) atoms. The van der Waals surface area contributed by atoms with E-state index in [2.05, 4.69) is 10.1 Å². The van der Waals surface area contributed by atoms with E-state index in [4.69, 9.17) is 10.1 Å². The molecule has 0 atom stereocenters. The van der Waals surface area contributed by atoms with Crippen molar-refractivity contribution >= 4 is 5.71 Å². The third kappa shape index (κ3) is 4.04. The number of phenols is 1. The Hall–Kier alpha value is -3.58. The van der Waals surface area contributed by atoms with Gasteiger partial charge in [0.25, 0.3) is 0 Å². The summed E-state index contributed by atoms with van der Waals surface area (Å²) in [6, 6.07) is 9.18. The lowest BCUT2D eigenvalue weighted by molar-refractivity contribution is 0.00109. The van der Waals surface area contributed by atoms with Crippen molar-refractivity contribution in [3.05, 3.63) is 52.8 Å². The molecule has 0 saturated heterocycles. The minimum atomic E-state index is -0.629. The normalized spacial score (nSPS) is 11.5. The van der Waals surface area contributed by atoms with Gasteiger partial charge in [-0.1, -0.05) is 5.16 Å². The minimum Gasteiger partial charge on any atom is -0.507 e. The van der Waals surface area contributed by atoms with Crippen LogP contribution in [-0.4, -0.2) is 26.5 Å². The predicted molar refractivity (Wildman–Crippen MR) is 89.9 cm³/mol. The summed E-state index contributed by atoms with van der Waals surface area (Å²) in [5, 5.41) is 42.7. The molecule has 2 rings (SSSR count). The molecule has 2 N–H and O–H groups in total. The van der Waals surface area contributed by atoms with Gasteiger partial charge in [0.2, 0.25) is 0 Å². The van der Waals surface area contributed by atoms with Crippen LogP contribution in [-0.2, 0) is 4.84 Å². The van der Waals surface area contributed by atoms with E-state index in [1.54, 1.807) is 26.8 Å². The molecule has 126 valence electrons. The topological polar surface area (TPSA) is 123 Å². The lowest BCUT2D eigenvalue weighted by Crippen LogP contribution is -2.18. The number of phenolic OH excluding ortho intramolecular Hbond substituents is 1. The Morgan fingerprint density at radius 3 is 2.32 bits per heavy atom. The van der Waals surface area contributed by atoms with Crippen molar-refractivity contribution in [3.8, 4) is 23.6 Å². The first-order valence-corrected chi connectivity index (χ1v) is 7.35. The van der Waals surface area contributed by atoms with Crippen molar-refractivity contribution in [2.24, 2.45) is 5.16 Å². The Morgan fingerprint density at radius 2 is 1.76 bits per heavy atom. The number of aromatic nitrogens is 1. The van der Waals surface area contributed by atoms with Crippen LogP contribution in [0.1, 0.15) is 43.2 Å². The average Bonchev–Trinajstić information content (AvgIpc) is 2.56. The third-order valence-corrected chi connectivity index (χ3v) is 3.05. The highest BCUT2D eigenvalue weighted by atomic mass is 16.6. The summed E-state index contributed by atoms with van der Waals surface area (Å²) in [6.45, 7) is 5.35. The molecule has 0 aliphatic carbocycles. The van der Waals surface area contributed by atoms with Crippen LogP contribution in [0.25, 0.3) is 0 Å². The number of hydrogen-bond donors (Lipinski definition) is 2. The highest BCUT2D eigenvalue weighted by Crippen LogP contribution is 2.28. The molecule has 2 aromatic rings. The first-order chi connectivity index (χ1) is 11.8. The zero-order chi connectivity index (χ0) is 18.6. The second-order valence-corrected chi connectivity index (χ2v) is 6.15. The van der Waals surface area contributed by atoms with Gasteiger partial charge in [-0.05, 0) is 45.0 Å². The molecule has 0 amide bonds. The van der Waals surface area contributed by atoms with Gasteiger partial charge in [0.05, 0.1) is 11.1 Å². The summed E-state index contributed by atoms with van der Waals surface area (Å²) in [4.78, 5) is 9.49.